The van der Waals surface area contributed by atoms with Gasteiger partial charge in [-0.15, -0.1) is 0 Å². The molecule has 5 nitrogen and oxygen atoms in total. The Balaban J connectivity index is 2.56. The predicted octanol–water partition coefficient (Wildman–Crippen LogP) is 5.89. The van der Waals surface area contributed by atoms with Crippen LogP contribution in [0.5, 0.6) is 11.5 Å². The highest BCUT2D eigenvalue weighted by Crippen LogP contribution is 2.50. The fourth-order valence-electron chi connectivity index (χ4n) is 3.15. The molecule has 1 atom stereocenters. The third-order valence-electron chi connectivity index (χ3n) is 4.41. The maximum atomic E-state index is 12.9. The molecule has 1 unspecified atom stereocenters. The molecular weight excluding hydrogens is 482 g/mol. The van der Waals surface area contributed by atoms with E-state index in [1.54, 1.807) is 0 Å². The summed E-state index contributed by atoms with van der Waals surface area (Å²) in [6.45, 7) is 0. The standard InChI is InChI=1S/C19H12Cl4O5S/c20-12-4-1-10(2-5-12)19(29(26,27)28,11-3-6-14(21)15(22)7-11)13-8-18(25)16(23)9-17(13)24/h1-9,24-25H,(H,26,27,28). The van der Waals surface area contributed by atoms with E-state index in [1.807, 2.05) is 0 Å². The van der Waals surface area contributed by atoms with Crippen molar-refractivity contribution >= 4 is 56.5 Å². The monoisotopic (exact) mass is 492 g/mol. The number of halogens is 4. The van der Waals surface area contributed by atoms with Gasteiger partial charge in [0.05, 0.1) is 15.1 Å². The van der Waals surface area contributed by atoms with Crippen LogP contribution >= 0.6 is 46.4 Å². The second-order valence-electron chi connectivity index (χ2n) is 6.11. The summed E-state index contributed by atoms with van der Waals surface area (Å²) in [4.78, 5) is 0. The van der Waals surface area contributed by atoms with Crippen LogP contribution in [0.3, 0.4) is 0 Å². The summed E-state index contributed by atoms with van der Waals surface area (Å²) < 4.78 is 33.9. The zero-order valence-corrected chi connectivity index (χ0v) is 18.1. The maximum Gasteiger partial charge on any atom is 0.283 e. The van der Waals surface area contributed by atoms with Gasteiger partial charge in [0.25, 0.3) is 10.1 Å². The van der Waals surface area contributed by atoms with E-state index in [9.17, 15) is 23.2 Å². The number of aromatic hydroxyl groups is 2. The van der Waals surface area contributed by atoms with Crippen molar-refractivity contribution in [2.45, 2.75) is 4.75 Å². The Labute approximate surface area is 186 Å². The van der Waals surface area contributed by atoms with Crippen LogP contribution < -0.4 is 0 Å². The third-order valence-corrected chi connectivity index (χ3v) is 7.17. The minimum absolute atomic E-state index is 0.0174. The number of hydrogen-bond donors (Lipinski definition) is 3. The Bertz CT molecular complexity index is 1200. The smallest absolute Gasteiger partial charge is 0.283 e. The molecule has 3 rings (SSSR count). The van der Waals surface area contributed by atoms with Crippen LogP contribution in [-0.2, 0) is 14.9 Å². The van der Waals surface area contributed by atoms with Crippen LogP contribution in [0, 0.1) is 0 Å². The molecule has 0 heterocycles. The molecule has 152 valence electrons. The van der Waals surface area contributed by atoms with Gasteiger partial charge in [0, 0.05) is 16.7 Å². The number of hydrogen-bond acceptors (Lipinski definition) is 4. The van der Waals surface area contributed by atoms with Gasteiger partial charge in [0.2, 0.25) is 0 Å². The van der Waals surface area contributed by atoms with E-state index in [1.165, 1.54) is 42.5 Å². The lowest BCUT2D eigenvalue weighted by molar-refractivity contribution is 0.434. The number of benzene rings is 3. The fourth-order valence-corrected chi connectivity index (χ4v) is 5.03. The van der Waals surface area contributed by atoms with Gasteiger partial charge in [-0.2, -0.15) is 8.42 Å². The summed E-state index contributed by atoms with van der Waals surface area (Å²) in [5.41, 5.74) is -0.351. The Morgan fingerprint density at radius 3 is 1.83 bits per heavy atom. The van der Waals surface area contributed by atoms with Crippen LogP contribution in [0.25, 0.3) is 0 Å². The van der Waals surface area contributed by atoms with E-state index < -0.39 is 26.4 Å². The molecule has 0 spiro atoms. The average Bonchev–Trinajstić information content (AvgIpc) is 2.63. The second-order valence-corrected chi connectivity index (χ2v) is 9.33. The maximum absolute atomic E-state index is 12.9. The largest absolute Gasteiger partial charge is 0.508 e. The summed E-state index contributed by atoms with van der Waals surface area (Å²) >= 11 is 23.8. The van der Waals surface area contributed by atoms with Gasteiger partial charge in [-0.3, -0.25) is 4.55 Å². The molecule has 0 aliphatic rings. The first-order valence-corrected chi connectivity index (χ1v) is 10.8. The molecule has 3 N–H and O–H groups in total. The Morgan fingerprint density at radius 1 is 0.690 bits per heavy atom. The molecule has 0 saturated heterocycles. The van der Waals surface area contributed by atoms with Crippen molar-refractivity contribution in [3.05, 3.63) is 91.4 Å². The first-order chi connectivity index (χ1) is 13.5. The van der Waals surface area contributed by atoms with Gasteiger partial charge in [-0.1, -0.05) is 64.6 Å². The highest BCUT2D eigenvalue weighted by molar-refractivity contribution is 7.87. The van der Waals surface area contributed by atoms with Crippen LogP contribution in [0.4, 0.5) is 0 Å². The molecule has 0 amide bonds. The molecule has 3 aromatic carbocycles. The van der Waals surface area contributed by atoms with E-state index in [4.69, 9.17) is 46.4 Å². The third kappa shape index (κ3) is 3.77. The molecule has 0 saturated carbocycles. The number of rotatable bonds is 4. The molecule has 0 radical (unpaired) electrons. The van der Waals surface area contributed by atoms with Crippen molar-refractivity contribution < 1.29 is 23.2 Å². The average molecular weight is 494 g/mol. The fraction of sp³-hybridized carbons (Fsp3) is 0.0526. The van der Waals surface area contributed by atoms with Gasteiger partial charge in [-0.25, -0.2) is 0 Å². The molecule has 0 aliphatic carbocycles. The summed E-state index contributed by atoms with van der Waals surface area (Å²) in [6, 6.07) is 11.4. The van der Waals surface area contributed by atoms with E-state index in [-0.39, 0.29) is 31.8 Å². The molecule has 3 aromatic rings. The predicted molar refractivity (Wildman–Crippen MR) is 114 cm³/mol. The molecule has 10 heteroatoms. The van der Waals surface area contributed by atoms with Crippen molar-refractivity contribution in [3.63, 3.8) is 0 Å². The first kappa shape index (κ1) is 22.0. The van der Waals surface area contributed by atoms with Crippen molar-refractivity contribution in [1.82, 2.24) is 0 Å². The van der Waals surface area contributed by atoms with Crippen LogP contribution in [0.2, 0.25) is 20.1 Å². The summed E-state index contributed by atoms with van der Waals surface area (Å²) in [7, 11) is -5.04. The van der Waals surface area contributed by atoms with Crippen molar-refractivity contribution in [2.24, 2.45) is 0 Å². The summed E-state index contributed by atoms with van der Waals surface area (Å²) in [5.74, 6) is -1.08. The zero-order valence-electron chi connectivity index (χ0n) is 14.3. The number of phenols is 2. The van der Waals surface area contributed by atoms with Gasteiger partial charge in [0.15, 0.2) is 4.75 Å². The Kier molecular flexibility index (Phi) is 5.98. The lowest BCUT2D eigenvalue weighted by Gasteiger charge is -2.33. The topological polar surface area (TPSA) is 94.8 Å². The van der Waals surface area contributed by atoms with Crippen LogP contribution in [-0.4, -0.2) is 23.2 Å². The van der Waals surface area contributed by atoms with Gasteiger partial charge in [-0.05, 0) is 41.5 Å². The first-order valence-electron chi connectivity index (χ1n) is 7.89. The zero-order chi connectivity index (χ0) is 21.6. The highest BCUT2D eigenvalue weighted by atomic mass is 35.5. The van der Waals surface area contributed by atoms with Crippen molar-refractivity contribution in [1.29, 1.82) is 0 Å². The Morgan fingerprint density at radius 2 is 1.28 bits per heavy atom. The molecule has 0 aliphatic heterocycles. The van der Waals surface area contributed by atoms with E-state index in [0.717, 1.165) is 12.1 Å². The van der Waals surface area contributed by atoms with E-state index in [2.05, 4.69) is 0 Å². The van der Waals surface area contributed by atoms with Crippen molar-refractivity contribution in [3.8, 4) is 11.5 Å². The van der Waals surface area contributed by atoms with Gasteiger partial charge >= 0.3 is 0 Å². The highest BCUT2D eigenvalue weighted by Gasteiger charge is 2.50. The molecule has 0 fully saturated rings. The van der Waals surface area contributed by atoms with Gasteiger partial charge < -0.3 is 10.2 Å². The quantitative estimate of drug-likeness (QED) is 0.239. The summed E-state index contributed by atoms with van der Waals surface area (Å²) in [6.07, 6.45) is 0. The minimum atomic E-state index is -5.04. The summed E-state index contributed by atoms with van der Waals surface area (Å²) in [5, 5.41) is 20.9. The van der Waals surface area contributed by atoms with Crippen LogP contribution in [0.15, 0.2) is 54.6 Å². The van der Waals surface area contributed by atoms with Crippen LogP contribution in [0.1, 0.15) is 16.7 Å². The molecule has 29 heavy (non-hydrogen) atoms. The van der Waals surface area contributed by atoms with Crippen molar-refractivity contribution in [2.75, 3.05) is 0 Å². The van der Waals surface area contributed by atoms with E-state index >= 15 is 0 Å². The minimum Gasteiger partial charge on any atom is -0.508 e. The second kappa shape index (κ2) is 7.87. The number of phenolic OH excluding ortho intramolecular Hbond substituents is 2. The van der Waals surface area contributed by atoms with E-state index in [0.29, 0.717) is 5.02 Å². The molecular formula is C19H12Cl4O5S. The van der Waals surface area contributed by atoms with Gasteiger partial charge in [0.1, 0.15) is 11.5 Å². The Hall–Kier alpha value is -1.67. The normalized spacial score (nSPS) is 13.8. The SMILES string of the molecule is O=S(=O)(O)C(c1ccc(Cl)cc1)(c1ccc(Cl)c(Cl)c1)c1cc(O)c(Cl)cc1O. The lowest BCUT2D eigenvalue weighted by Crippen LogP contribution is -2.38. The molecule has 0 aromatic heterocycles. The lowest BCUT2D eigenvalue weighted by atomic mass is 9.83. The molecule has 0 bridgehead atoms.